The summed E-state index contributed by atoms with van der Waals surface area (Å²) in [6.45, 7) is 0. The van der Waals surface area contributed by atoms with Gasteiger partial charge in [0.05, 0.1) is 7.11 Å². The second kappa shape index (κ2) is 4.63. The molecule has 15 heavy (non-hydrogen) atoms. The molecule has 0 N–H and O–H groups in total. The number of nitrogens with zero attached hydrogens (tertiary/aromatic N) is 1. The van der Waals surface area contributed by atoms with Crippen LogP contribution < -0.4 is 4.74 Å². The molecule has 0 unspecified atom stereocenters. The minimum absolute atomic E-state index is 0.846. The van der Waals surface area contributed by atoms with Crippen LogP contribution in [0, 0.1) is 0 Å². The van der Waals surface area contributed by atoms with Crippen molar-refractivity contribution in [2.75, 3.05) is 7.11 Å². The second-order valence-corrected chi connectivity index (χ2v) is 5.88. The molecule has 0 bridgehead atoms. The van der Waals surface area contributed by atoms with Crippen LogP contribution in [0.5, 0.6) is 5.75 Å². The molecular weight excluding hydrogens is 342 g/mol. The number of benzene rings is 1. The van der Waals surface area contributed by atoms with Gasteiger partial charge in [0.15, 0.2) is 0 Å². The highest BCUT2D eigenvalue weighted by atomic mass is 79.9. The van der Waals surface area contributed by atoms with Crippen LogP contribution in [0.2, 0.25) is 0 Å². The standard InChI is InChI=1S/C10H7Br2NOS/c1-14-7-4-2-6(3-5-7)10-13-8(11)9(12)15-10/h2-5H,1H3. The molecule has 0 fully saturated rings. The fraction of sp³-hybridized carbons (Fsp3) is 0.100. The first kappa shape index (κ1) is 11.1. The number of thiazole rings is 1. The highest BCUT2D eigenvalue weighted by molar-refractivity contribution is 9.13. The van der Waals surface area contributed by atoms with Gasteiger partial charge >= 0.3 is 0 Å². The zero-order chi connectivity index (χ0) is 10.8. The predicted octanol–water partition coefficient (Wildman–Crippen LogP) is 4.34. The lowest BCUT2D eigenvalue weighted by molar-refractivity contribution is 0.415. The molecule has 0 amide bonds. The molecule has 0 radical (unpaired) electrons. The number of hydrogen-bond acceptors (Lipinski definition) is 3. The Balaban J connectivity index is 2.37. The molecule has 78 valence electrons. The normalized spacial score (nSPS) is 10.3. The van der Waals surface area contributed by atoms with Gasteiger partial charge in [0.25, 0.3) is 0 Å². The lowest BCUT2D eigenvalue weighted by atomic mass is 10.2. The first-order valence-corrected chi connectivity index (χ1v) is 6.57. The van der Waals surface area contributed by atoms with Crippen LogP contribution in [0.3, 0.4) is 0 Å². The summed E-state index contributed by atoms with van der Waals surface area (Å²) in [7, 11) is 1.66. The summed E-state index contributed by atoms with van der Waals surface area (Å²) < 4.78 is 6.95. The van der Waals surface area contributed by atoms with Crippen molar-refractivity contribution in [1.82, 2.24) is 4.98 Å². The highest BCUT2D eigenvalue weighted by Gasteiger charge is 2.07. The summed E-state index contributed by atoms with van der Waals surface area (Å²) in [6.07, 6.45) is 0. The largest absolute Gasteiger partial charge is 0.497 e. The fourth-order valence-corrected chi connectivity index (χ4v) is 2.92. The van der Waals surface area contributed by atoms with Crippen molar-refractivity contribution in [3.8, 4) is 16.3 Å². The van der Waals surface area contributed by atoms with E-state index in [1.54, 1.807) is 18.4 Å². The van der Waals surface area contributed by atoms with Crippen LogP contribution >= 0.6 is 43.2 Å². The molecule has 0 aliphatic rings. The predicted molar refractivity (Wildman–Crippen MR) is 69.5 cm³/mol. The quantitative estimate of drug-likeness (QED) is 0.805. The van der Waals surface area contributed by atoms with E-state index < -0.39 is 0 Å². The van der Waals surface area contributed by atoms with Gasteiger partial charge in [-0.05, 0) is 56.1 Å². The van der Waals surface area contributed by atoms with Gasteiger partial charge in [0.1, 0.15) is 19.1 Å². The maximum atomic E-state index is 5.10. The van der Waals surface area contributed by atoms with Crippen LogP contribution in [-0.4, -0.2) is 12.1 Å². The molecule has 0 aliphatic heterocycles. The average molecular weight is 349 g/mol. The Labute approximate surface area is 109 Å². The van der Waals surface area contributed by atoms with Gasteiger partial charge in [-0.25, -0.2) is 4.98 Å². The number of ether oxygens (including phenoxy) is 1. The third kappa shape index (κ3) is 2.41. The van der Waals surface area contributed by atoms with E-state index in [-0.39, 0.29) is 0 Å². The summed E-state index contributed by atoms with van der Waals surface area (Å²) in [5.41, 5.74) is 1.09. The monoisotopic (exact) mass is 347 g/mol. The average Bonchev–Trinajstić information content (AvgIpc) is 2.59. The molecule has 2 rings (SSSR count). The Bertz CT molecular complexity index is 447. The molecule has 1 heterocycles. The first-order valence-electron chi connectivity index (χ1n) is 4.17. The third-order valence-electron chi connectivity index (χ3n) is 1.89. The summed E-state index contributed by atoms with van der Waals surface area (Å²) in [4.78, 5) is 4.38. The number of halogens is 2. The Kier molecular flexibility index (Phi) is 3.43. The van der Waals surface area contributed by atoms with Gasteiger partial charge in [-0.1, -0.05) is 0 Å². The smallest absolute Gasteiger partial charge is 0.132 e. The molecule has 0 atom stereocenters. The van der Waals surface area contributed by atoms with Crippen LogP contribution in [0.4, 0.5) is 0 Å². The number of methoxy groups -OCH3 is 1. The van der Waals surface area contributed by atoms with E-state index in [0.717, 1.165) is 24.7 Å². The molecule has 2 aromatic rings. The van der Waals surface area contributed by atoms with Crippen molar-refractivity contribution < 1.29 is 4.74 Å². The molecule has 0 saturated carbocycles. The van der Waals surface area contributed by atoms with Gasteiger partial charge in [-0.15, -0.1) is 11.3 Å². The molecule has 5 heteroatoms. The van der Waals surface area contributed by atoms with E-state index in [9.17, 15) is 0 Å². The van der Waals surface area contributed by atoms with Crippen molar-refractivity contribution in [2.24, 2.45) is 0 Å². The molecular formula is C10H7Br2NOS. The van der Waals surface area contributed by atoms with Crippen LogP contribution in [-0.2, 0) is 0 Å². The van der Waals surface area contributed by atoms with Crippen LogP contribution in [0.25, 0.3) is 10.6 Å². The zero-order valence-corrected chi connectivity index (χ0v) is 11.8. The first-order chi connectivity index (χ1) is 7.20. The maximum absolute atomic E-state index is 5.10. The van der Waals surface area contributed by atoms with E-state index in [0.29, 0.717) is 0 Å². The molecule has 0 spiro atoms. The van der Waals surface area contributed by atoms with E-state index in [1.807, 2.05) is 24.3 Å². The number of aromatic nitrogens is 1. The number of hydrogen-bond donors (Lipinski definition) is 0. The minimum Gasteiger partial charge on any atom is -0.497 e. The van der Waals surface area contributed by atoms with E-state index >= 15 is 0 Å². The lowest BCUT2D eigenvalue weighted by Crippen LogP contribution is -1.82. The SMILES string of the molecule is COc1ccc(-c2nc(Br)c(Br)s2)cc1. The van der Waals surface area contributed by atoms with Gasteiger partial charge in [0, 0.05) is 5.56 Å². The van der Waals surface area contributed by atoms with E-state index in [2.05, 4.69) is 36.8 Å². The van der Waals surface area contributed by atoms with Gasteiger partial charge in [-0.3, -0.25) is 0 Å². The highest BCUT2D eigenvalue weighted by Crippen LogP contribution is 2.35. The minimum atomic E-state index is 0.846. The zero-order valence-electron chi connectivity index (χ0n) is 7.83. The molecule has 0 aliphatic carbocycles. The maximum Gasteiger partial charge on any atom is 0.132 e. The Morgan fingerprint density at radius 2 is 1.87 bits per heavy atom. The van der Waals surface area contributed by atoms with Gasteiger partial charge in [0.2, 0.25) is 0 Å². The second-order valence-electron chi connectivity index (χ2n) is 2.81. The van der Waals surface area contributed by atoms with Crippen molar-refractivity contribution in [3.05, 3.63) is 32.7 Å². The fourth-order valence-electron chi connectivity index (χ4n) is 1.14. The molecule has 1 aromatic heterocycles. The van der Waals surface area contributed by atoms with E-state index in [1.165, 1.54) is 0 Å². The lowest BCUT2D eigenvalue weighted by Gasteiger charge is -1.99. The summed E-state index contributed by atoms with van der Waals surface area (Å²) >= 11 is 8.39. The van der Waals surface area contributed by atoms with Crippen LogP contribution in [0.15, 0.2) is 32.7 Å². The van der Waals surface area contributed by atoms with E-state index in [4.69, 9.17) is 4.74 Å². The Hall–Kier alpha value is -0.390. The van der Waals surface area contributed by atoms with Crippen molar-refractivity contribution in [1.29, 1.82) is 0 Å². The molecule has 0 saturated heterocycles. The Morgan fingerprint density at radius 3 is 2.33 bits per heavy atom. The van der Waals surface area contributed by atoms with Crippen LogP contribution in [0.1, 0.15) is 0 Å². The van der Waals surface area contributed by atoms with Crippen molar-refractivity contribution in [2.45, 2.75) is 0 Å². The molecule has 2 nitrogen and oxygen atoms in total. The van der Waals surface area contributed by atoms with Gasteiger partial charge < -0.3 is 4.74 Å². The third-order valence-corrected chi connectivity index (χ3v) is 5.01. The van der Waals surface area contributed by atoms with Crippen molar-refractivity contribution >= 4 is 43.2 Å². The topological polar surface area (TPSA) is 22.1 Å². The molecule has 1 aromatic carbocycles. The Morgan fingerprint density at radius 1 is 1.20 bits per heavy atom. The summed E-state index contributed by atoms with van der Waals surface area (Å²) in [5, 5.41) is 0.983. The summed E-state index contributed by atoms with van der Waals surface area (Å²) in [5.74, 6) is 0.855. The van der Waals surface area contributed by atoms with Gasteiger partial charge in [-0.2, -0.15) is 0 Å². The summed E-state index contributed by atoms with van der Waals surface area (Å²) in [6, 6.07) is 7.85. The number of rotatable bonds is 2. The van der Waals surface area contributed by atoms with Crippen molar-refractivity contribution in [3.63, 3.8) is 0 Å².